The molecule has 2 N–H and O–H groups in total. The van der Waals surface area contributed by atoms with E-state index < -0.39 is 16.8 Å². The normalized spacial score (nSPS) is 12.2. The summed E-state index contributed by atoms with van der Waals surface area (Å²) in [7, 11) is -1.60. The van der Waals surface area contributed by atoms with E-state index in [2.05, 4.69) is 5.32 Å². The van der Waals surface area contributed by atoms with Crippen molar-refractivity contribution >= 4 is 34.3 Å². The van der Waals surface area contributed by atoms with E-state index in [0.717, 1.165) is 0 Å². The van der Waals surface area contributed by atoms with Crippen molar-refractivity contribution in [2.24, 2.45) is 0 Å². The number of carboxylic acids is 1. The molecule has 0 aromatic heterocycles. The maximum absolute atomic E-state index is 11.9. The summed E-state index contributed by atoms with van der Waals surface area (Å²) < 4.78 is 11.9. The number of benzene rings is 1. The van der Waals surface area contributed by atoms with E-state index in [9.17, 15) is 13.8 Å². The maximum Gasteiger partial charge on any atom is 0.337 e. The molecule has 19 heavy (non-hydrogen) atoms. The van der Waals surface area contributed by atoms with Crippen molar-refractivity contribution in [1.29, 1.82) is 0 Å². The molecule has 0 saturated heterocycles. The lowest BCUT2D eigenvalue weighted by atomic mass is 10.2. The molecule has 0 spiro atoms. The number of carbonyl (C=O) groups is 2. The molecule has 104 valence electrons. The van der Waals surface area contributed by atoms with E-state index in [0.29, 0.717) is 0 Å². The molecule has 5 nitrogen and oxygen atoms in total. The smallest absolute Gasteiger partial charge is 0.337 e. The fourth-order valence-electron chi connectivity index (χ4n) is 1.38. The summed E-state index contributed by atoms with van der Waals surface area (Å²) in [6, 6.07) is 4.00. The van der Waals surface area contributed by atoms with Gasteiger partial charge in [0.2, 0.25) is 5.91 Å². The Morgan fingerprint density at radius 1 is 1.42 bits per heavy atom. The molecule has 0 saturated carbocycles. The van der Waals surface area contributed by atoms with Crippen LogP contribution < -0.4 is 5.32 Å². The van der Waals surface area contributed by atoms with Gasteiger partial charge in [0.25, 0.3) is 0 Å². The number of aromatic carboxylic acids is 1. The zero-order valence-electron chi connectivity index (χ0n) is 10.5. The van der Waals surface area contributed by atoms with Crippen molar-refractivity contribution < 1.29 is 18.9 Å². The summed E-state index contributed by atoms with van der Waals surface area (Å²) in [6.45, 7) is 3.59. The van der Waals surface area contributed by atoms with Crippen LogP contribution in [-0.2, 0) is 15.6 Å². The fraction of sp³-hybridized carbons (Fsp3) is 0.333. The minimum absolute atomic E-state index is 0.0377. The number of amides is 1. The number of rotatable bonds is 5. The molecule has 0 heterocycles. The summed E-state index contributed by atoms with van der Waals surface area (Å²) >= 11 is 5.71. The van der Waals surface area contributed by atoms with Gasteiger partial charge in [-0.25, -0.2) is 4.79 Å². The molecule has 7 heteroatoms. The van der Waals surface area contributed by atoms with E-state index in [-0.39, 0.29) is 33.2 Å². The number of nitrogens with one attached hydrogen (secondary N) is 1. The van der Waals surface area contributed by atoms with Crippen molar-refractivity contribution in [1.82, 2.24) is 5.32 Å². The summed E-state index contributed by atoms with van der Waals surface area (Å²) in [6.07, 6.45) is 0. The molecule has 1 aromatic rings. The van der Waals surface area contributed by atoms with Crippen LogP contribution in [0.4, 0.5) is 0 Å². The highest BCUT2D eigenvalue weighted by molar-refractivity contribution is 7.85. The van der Waals surface area contributed by atoms with Gasteiger partial charge in [-0.15, -0.1) is 0 Å². The van der Waals surface area contributed by atoms with Crippen LogP contribution in [0, 0.1) is 0 Å². The summed E-state index contributed by atoms with van der Waals surface area (Å²) in [5, 5.41) is 11.6. The summed E-state index contributed by atoms with van der Waals surface area (Å²) in [5.41, 5.74) is -0.128. The third-order valence-corrected chi connectivity index (χ3v) is 3.78. The standard InChI is InChI=1S/C12H14ClNO4S/c1-7(2)14-11(15)6-19(18)8-3-4-10(13)9(5-8)12(16)17/h3-5,7H,6H2,1-2H3,(H,14,15)(H,16,17). The van der Waals surface area contributed by atoms with E-state index >= 15 is 0 Å². The van der Waals surface area contributed by atoms with Crippen molar-refractivity contribution in [3.8, 4) is 0 Å². The minimum atomic E-state index is -1.60. The lowest BCUT2D eigenvalue weighted by Gasteiger charge is -2.08. The predicted octanol–water partition coefficient (Wildman–Crippen LogP) is 1.67. The third-order valence-electron chi connectivity index (χ3n) is 2.14. The number of halogens is 1. The van der Waals surface area contributed by atoms with Gasteiger partial charge in [-0.1, -0.05) is 11.6 Å². The van der Waals surface area contributed by atoms with Gasteiger partial charge in [0.05, 0.1) is 21.4 Å². The van der Waals surface area contributed by atoms with Gasteiger partial charge in [-0.2, -0.15) is 0 Å². The lowest BCUT2D eigenvalue weighted by molar-refractivity contribution is -0.119. The summed E-state index contributed by atoms with van der Waals surface area (Å²) in [4.78, 5) is 22.6. The first-order valence-electron chi connectivity index (χ1n) is 5.52. The molecule has 0 aliphatic rings. The Labute approximate surface area is 118 Å². The second kappa shape index (κ2) is 6.68. The van der Waals surface area contributed by atoms with Gasteiger partial charge in [-0.05, 0) is 32.0 Å². The average Bonchev–Trinajstić information content (AvgIpc) is 2.27. The largest absolute Gasteiger partial charge is 0.478 e. The van der Waals surface area contributed by atoms with Crippen molar-refractivity contribution in [3.63, 3.8) is 0 Å². The second-order valence-corrected chi connectivity index (χ2v) is 6.02. The molecule has 1 aromatic carbocycles. The SMILES string of the molecule is CC(C)NC(=O)CS(=O)c1ccc(Cl)c(C(=O)O)c1. The molecular weight excluding hydrogens is 290 g/mol. The Balaban J connectivity index is 2.86. The van der Waals surface area contributed by atoms with E-state index in [1.54, 1.807) is 13.8 Å². The highest BCUT2D eigenvalue weighted by Gasteiger charge is 2.15. The number of carboxylic acid groups (broad SMARTS) is 1. The molecule has 1 amide bonds. The first kappa shape index (κ1) is 15.7. The zero-order chi connectivity index (χ0) is 14.6. The Kier molecular flexibility index (Phi) is 5.50. The van der Waals surface area contributed by atoms with Gasteiger partial charge in [0.1, 0.15) is 5.75 Å². The molecule has 0 fully saturated rings. The van der Waals surface area contributed by atoms with Crippen molar-refractivity contribution in [2.45, 2.75) is 24.8 Å². The second-order valence-electron chi connectivity index (χ2n) is 4.16. The molecule has 0 radical (unpaired) electrons. The lowest BCUT2D eigenvalue weighted by Crippen LogP contribution is -2.33. The first-order chi connectivity index (χ1) is 8.81. The monoisotopic (exact) mass is 303 g/mol. The molecular formula is C12H14ClNO4S. The van der Waals surface area contributed by atoms with Crippen LogP contribution in [0.5, 0.6) is 0 Å². The molecule has 0 aliphatic carbocycles. The molecule has 1 atom stereocenters. The van der Waals surface area contributed by atoms with Crippen LogP contribution in [0.3, 0.4) is 0 Å². The predicted molar refractivity (Wildman–Crippen MR) is 73.0 cm³/mol. The highest BCUT2D eigenvalue weighted by Crippen LogP contribution is 2.19. The van der Waals surface area contributed by atoms with Gasteiger partial charge >= 0.3 is 5.97 Å². The zero-order valence-corrected chi connectivity index (χ0v) is 12.0. The van der Waals surface area contributed by atoms with Crippen LogP contribution in [0.25, 0.3) is 0 Å². The van der Waals surface area contributed by atoms with Gasteiger partial charge in [0, 0.05) is 10.9 Å². The molecule has 0 aliphatic heterocycles. The van der Waals surface area contributed by atoms with E-state index in [4.69, 9.17) is 16.7 Å². The molecule has 1 unspecified atom stereocenters. The number of hydrogen-bond acceptors (Lipinski definition) is 3. The van der Waals surface area contributed by atoms with Crippen LogP contribution >= 0.6 is 11.6 Å². The first-order valence-corrected chi connectivity index (χ1v) is 7.21. The number of hydrogen-bond donors (Lipinski definition) is 2. The molecule has 0 bridgehead atoms. The Bertz CT molecular complexity index is 530. The minimum Gasteiger partial charge on any atom is -0.478 e. The highest BCUT2D eigenvalue weighted by atomic mass is 35.5. The fourth-order valence-corrected chi connectivity index (χ4v) is 2.53. The maximum atomic E-state index is 11.9. The Morgan fingerprint density at radius 2 is 2.05 bits per heavy atom. The van der Waals surface area contributed by atoms with Crippen molar-refractivity contribution in [3.05, 3.63) is 28.8 Å². The number of carbonyl (C=O) groups excluding carboxylic acids is 1. The van der Waals surface area contributed by atoms with Gasteiger partial charge in [-0.3, -0.25) is 9.00 Å². The third kappa shape index (κ3) is 4.65. The van der Waals surface area contributed by atoms with Gasteiger partial charge in [0.15, 0.2) is 0 Å². The molecule has 1 rings (SSSR count). The topological polar surface area (TPSA) is 83.5 Å². The van der Waals surface area contributed by atoms with Crippen molar-refractivity contribution in [2.75, 3.05) is 5.75 Å². The van der Waals surface area contributed by atoms with Crippen LogP contribution in [0.2, 0.25) is 5.02 Å². The quantitative estimate of drug-likeness (QED) is 0.866. The summed E-state index contributed by atoms with van der Waals surface area (Å²) in [5.74, 6) is -1.76. The van der Waals surface area contributed by atoms with Gasteiger partial charge < -0.3 is 10.4 Å². The van der Waals surface area contributed by atoms with E-state index in [1.807, 2.05) is 0 Å². The van der Waals surface area contributed by atoms with E-state index in [1.165, 1.54) is 18.2 Å². The Morgan fingerprint density at radius 3 is 2.58 bits per heavy atom. The average molecular weight is 304 g/mol. The van der Waals surface area contributed by atoms with Crippen LogP contribution in [0.1, 0.15) is 24.2 Å². The van der Waals surface area contributed by atoms with Crippen LogP contribution in [-0.4, -0.2) is 33.0 Å². The van der Waals surface area contributed by atoms with Crippen LogP contribution in [0.15, 0.2) is 23.1 Å². The Hall–Kier alpha value is -1.40.